The molecule has 9 heteroatoms. The number of halogens is 1. The summed E-state index contributed by atoms with van der Waals surface area (Å²) in [6, 6.07) is 10.3. The number of thiophene rings is 1. The van der Waals surface area contributed by atoms with Crippen molar-refractivity contribution in [3.05, 3.63) is 75.5 Å². The van der Waals surface area contributed by atoms with Gasteiger partial charge in [0.05, 0.1) is 4.88 Å². The number of aryl methyl sites for hydroxylation is 1. The Labute approximate surface area is 189 Å². The zero-order valence-corrected chi connectivity index (χ0v) is 18.6. The molecule has 0 fully saturated rings. The van der Waals surface area contributed by atoms with E-state index in [1.807, 2.05) is 35.3 Å². The van der Waals surface area contributed by atoms with Crippen molar-refractivity contribution in [3.63, 3.8) is 0 Å². The fourth-order valence-electron chi connectivity index (χ4n) is 3.03. The first-order valence-corrected chi connectivity index (χ1v) is 11.0. The molecule has 0 aliphatic rings. The lowest BCUT2D eigenvalue weighted by atomic mass is 10.1. The van der Waals surface area contributed by atoms with Crippen LogP contribution in [0.5, 0.6) is 0 Å². The van der Waals surface area contributed by atoms with Crippen LogP contribution >= 0.6 is 22.9 Å². The maximum absolute atomic E-state index is 12.5. The van der Waals surface area contributed by atoms with E-state index < -0.39 is 6.04 Å². The molecule has 0 aliphatic heterocycles. The van der Waals surface area contributed by atoms with Gasteiger partial charge in [-0.05, 0) is 29.1 Å². The summed E-state index contributed by atoms with van der Waals surface area (Å²) in [5, 5.41) is 8.10. The lowest BCUT2D eigenvalue weighted by Crippen LogP contribution is -2.34. The first-order valence-electron chi connectivity index (χ1n) is 9.79. The fourth-order valence-corrected chi connectivity index (χ4v) is 3.85. The zero-order valence-electron chi connectivity index (χ0n) is 17.0. The molecule has 7 nitrogen and oxygen atoms in total. The Morgan fingerprint density at radius 1 is 1.10 bits per heavy atom. The molecule has 3 aromatic rings. The van der Waals surface area contributed by atoms with Gasteiger partial charge in [-0.15, -0.1) is 11.3 Å². The van der Waals surface area contributed by atoms with Crippen LogP contribution in [-0.2, 0) is 16.6 Å². The van der Waals surface area contributed by atoms with Crippen LogP contribution < -0.4 is 10.6 Å². The van der Waals surface area contributed by atoms with Crippen molar-refractivity contribution in [2.24, 2.45) is 7.05 Å². The van der Waals surface area contributed by atoms with Crippen LogP contribution in [0.1, 0.15) is 46.4 Å². The Balaban J connectivity index is 1.49. The second kappa shape index (κ2) is 10.9. The molecule has 3 rings (SSSR count). The topological polar surface area (TPSA) is 93.1 Å². The number of amides is 2. The van der Waals surface area contributed by atoms with Gasteiger partial charge in [0.2, 0.25) is 11.8 Å². The molecule has 1 aromatic carbocycles. The highest BCUT2D eigenvalue weighted by molar-refractivity contribution is 7.12. The minimum absolute atomic E-state index is 0.0521. The summed E-state index contributed by atoms with van der Waals surface area (Å²) in [4.78, 5) is 41.5. The van der Waals surface area contributed by atoms with E-state index >= 15 is 0 Å². The molecule has 2 heterocycles. The number of benzene rings is 1. The van der Waals surface area contributed by atoms with Gasteiger partial charge in [0.1, 0.15) is 11.9 Å². The van der Waals surface area contributed by atoms with E-state index in [1.165, 1.54) is 11.3 Å². The molecular weight excluding hydrogens is 436 g/mol. The highest BCUT2D eigenvalue weighted by Crippen LogP contribution is 2.22. The summed E-state index contributed by atoms with van der Waals surface area (Å²) >= 11 is 7.34. The summed E-state index contributed by atoms with van der Waals surface area (Å²) in [6.07, 6.45) is 3.83. The lowest BCUT2D eigenvalue weighted by molar-refractivity contribution is -0.122. The number of hydrogen-bond donors (Lipinski definition) is 2. The predicted molar refractivity (Wildman–Crippen MR) is 120 cm³/mol. The van der Waals surface area contributed by atoms with Crippen molar-refractivity contribution in [2.45, 2.75) is 25.3 Å². The van der Waals surface area contributed by atoms with Gasteiger partial charge in [-0.3, -0.25) is 14.4 Å². The maximum Gasteiger partial charge on any atom is 0.222 e. The van der Waals surface area contributed by atoms with Crippen LogP contribution in [0.25, 0.3) is 0 Å². The first kappa shape index (κ1) is 22.7. The Bertz CT molecular complexity index is 1030. The number of hydrogen-bond acceptors (Lipinski definition) is 5. The summed E-state index contributed by atoms with van der Waals surface area (Å²) in [6.45, 7) is 0.186. The van der Waals surface area contributed by atoms with E-state index in [1.54, 1.807) is 30.5 Å². The molecule has 1 atom stereocenters. The van der Waals surface area contributed by atoms with E-state index in [0.717, 1.165) is 5.56 Å². The molecule has 0 radical (unpaired) electrons. The van der Waals surface area contributed by atoms with Gasteiger partial charge in [-0.2, -0.15) is 0 Å². The van der Waals surface area contributed by atoms with Crippen LogP contribution in [0.4, 0.5) is 0 Å². The third-order valence-electron chi connectivity index (χ3n) is 4.67. The third kappa shape index (κ3) is 6.50. The molecule has 0 bridgehead atoms. The highest BCUT2D eigenvalue weighted by Gasteiger charge is 2.20. The van der Waals surface area contributed by atoms with E-state index in [9.17, 15) is 14.4 Å². The summed E-state index contributed by atoms with van der Waals surface area (Å²) < 4.78 is 1.84. The molecule has 2 aromatic heterocycles. The summed E-state index contributed by atoms with van der Waals surface area (Å²) in [5.74, 6) is 0.157. The van der Waals surface area contributed by atoms with Crippen molar-refractivity contribution in [3.8, 4) is 0 Å². The zero-order chi connectivity index (χ0) is 22.2. The number of carbonyl (C=O) groups excluding carboxylic acids is 3. The molecule has 0 aliphatic carbocycles. The number of carbonyl (C=O) groups is 3. The normalized spacial score (nSPS) is 11.7. The van der Waals surface area contributed by atoms with Crippen LogP contribution in [0.15, 0.2) is 54.2 Å². The van der Waals surface area contributed by atoms with E-state index in [4.69, 9.17) is 11.6 Å². The Kier molecular flexibility index (Phi) is 7.97. The Hall–Kier alpha value is -2.97. The monoisotopic (exact) mass is 458 g/mol. The first-order chi connectivity index (χ1) is 14.9. The number of aromatic nitrogens is 2. The van der Waals surface area contributed by atoms with Gasteiger partial charge in [-0.1, -0.05) is 29.8 Å². The van der Waals surface area contributed by atoms with Gasteiger partial charge < -0.3 is 15.2 Å². The number of ketones is 1. The Morgan fingerprint density at radius 3 is 2.52 bits per heavy atom. The van der Waals surface area contributed by atoms with Gasteiger partial charge >= 0.3 is 0 Å². The molecule has 0 saturated carbocycles. The number of Topliss-reactive ketones (excluding diaryl/α,β-unsaturated/α-hetero) is 1. The molecule has 2 N–H and O–H groups in total. The smallest absolute Gasteiger partial charge is 0.222 e. The quantitative estimate of drug-likeness (QED) is 0.454. The van der Waals surface area contributed by atoms with Crippen molar-refractivity contribution in [1.82, 2.24) is 20.2 Å². The van der Waals surface area contributed by atoms with Crippen LogP contribution in [-0.4, -0.2) is 33.7 Å². The van der Waals surface area contributed by atoms with Gasteiger partial charge in [0.25, 0.3) is 0 Å². The van der Waals surface area contributed by atoms with Crippen molar-refractivity contribution >= 4 is 40.5 Å². The number of rotatable bonds is 10. The minimum atomic E-state index is -0.441. The van der Waals surface area contributed by atoms with Crippen LogP contribution in [0, 0.1) is 0 Å². The molecule has 31 heavy (non-hydrogen) atoms. The van der Waals surface area contributed by atoms with Crippen molar-refractivity contribution in [1.29, 1.82) is 0 Å². The largest absolute Gasteiger partial charge is 0.356 e. The molecule has 1 unspecified atom stereocenters. The average Bonchev–Trinajstić information content (AvgIpc) is 3.43. The van der Waals surface area contributed by atoms with E-state index in [0.29, 0.717) is 15.7 Å². The Morgan fingerprint density at radius 2 is 1.87 bits per heavy atom. The van der Waals surface area contributed by atoms with Crippen molar-refractivity contribution in [2.75, 3.05) is 6.54 Å². The predicted octanol–water partition coefficient (Wildman–Crippen LogP) is 3.51. The molecule has 0 spiro atoms. The lowest BCUT2D eigenvalue weighted by Gasteiger charge is -2.19. The molecule has 2 amide bonds. The number of imidazole rings is 1. The standard InChI is InChI=1S/C22H23ClN4O3S/c1-27-13-12-25-22(27)21(15-4-6-16(23)7-5-15)26-20(30)10-11-24-19(29)9-8-17(28)18-3-2-14-31-18/h2-7,12-14,21H,8-11H2,1H3,(H,24,29)(H,26,30). The van der Waals surface area contributed by atoms with E-state index in [2.05, 4.69) is 15.6 Å². The van der Waals surface area contributed by atoms with Gasteiger partial charge in [0, 0.05) is 50.3 Å². The fraction of sp³-hybridized carbons (Fsp3) is 0.273. The summed E-state index contributed by atoms with van der Waals surface area (Å²) in [7, 11) is 1.86. The second-order valence-electron chi connectivity index (χ2n) is 6.95. The third-order valence-corrected chi connectivity index (χ3v) is 5.84. The van der Waals surface area contributed by atoms with Crippen LogP contribution in [0.3, 0.4) is 0 Å². The molecule has 0 saturated heterocycles. The van der Waals surface area contributed by atoms with E-state index in [-0.39, 0.29) is 43.4 Å². The average molecular weight is 459 g/mol. The van der Waals surface area contributed by atoms with Crippen molar-refractivity contribution < 1.29 is 14.4 Å². The summed E-state index contributed by atoms with van der Waals surface area (Å²) in [5.41, 5.74) is 0.850. The van der Waals surface area contributed by atoms with Crippen LogP contribution in [0.2, 0.25) is 5.02 Å². The SMILES string of the molecule is Cn1ccnc1C(NC(=O)CCNC(=O)CCC(=O)c1cccs1)c1ccc(Cl)cc1. The number of nitrogens with zero attached hydrogens (tertiary/aromatic N) is 2. The second-order valence-corrected chi connectivity index (χ2v) is 8.33. The highest BCUT2D eigenvalue weighted by atomic mass is 35.5. The number of nitrogens with one attached hydrogen (secondary N) is 2. The maximum atomic E-state index is 12.5. The molecular formula is C22H23ClN4O3S. The van der Waals surface area contributed by atoms with Gasteiger partial charge in [-0.25, -0.2) is 4.98 Å². The molecule has 162 valence electrons. The minimum Gasteiger partial charge on any atom is -0.356 e. The van der Waals surface area contributed by atoms with Gasteiger partial charge in [0.15, 0.2) is 5.78 Å².